The molecule has 0 atom stereocenters. The van der Waals surface area contributed by atoms with Crippen LogP contribution in [0, 0.1) is 0 Å². The van der Waals surface area contributed by atoms with Crippen molar-refractivity contribution in [1.29, 1.82) is 0 Å². The van der Waals surface area contributed by atoms with Crippen LogP contribution >= 0.6 is 0 Å². The maximum Gasteiger partial charge on any atom is 0.306 e. The minimum Gasteiger partial charge on any atom is -0.456 e. The first-order valence-electron chi connectivity index (χ1n) is 10.4. The number of esters is 1. The van der Waals surface area contributed by atoms with Crippen molar-refractivity contribution in [3.05, 3.63) is 29.8 Å². The molecule has 1 aliphatic rings. The van der Waals surface area contributed by atoms with Crippen molar-refractivity contribution in [3.8, 4) is 0 Å². The molecule has 1 N–H and O–H groups in total. The molecule has 2 rings (SSSR count). The summed E-state index contributed by atoms with van der Waals surface area (Å²) in [6, 6.07) is 6.73. The Hall–Kier alpha value is -1.93. The van der Waals surface area contributed by atoms with Crippen LogP contribution < -0.4 is 5.32 Å². The van der Waals surface area contributed by atoms with E-state index in [2.05, 4.69) is 5.32 Å². The van der Waals surface area contributed by atoms with Gasteiger partial charge in [0.25, 0.3) is 5.91 Å². The predicted molar refractivity (Wildman–Crippen MR) is 111 cm³/mol. The standard InChI is InChI=1S/C21H32N2O5S/c1-3-18(4-2)22-20(24)16-28-21(25)13-10-17-8-11-19(12-9-17)29(26,27)23-14-6-5-7-15-23/h8-9,11-12,18H,3-7,10,13-16H2,1-2H3,(H,22,24). The van der Waals surface area contributed by atoms with E-state index in [1.807, 2.05) is 13.8 Å². The van der Waals surface area contributed by atoms with Gasteiger partial charge in [0.2, 0.25) is 10.0 Å². The lowest BCUT2D eigenvalue weighted by Gasteiger charge is -2.25. The number of benzene rings is 1. The summed E-state index contributed by atoms with van der Waals surface area (Å²) in [4.78, 5) is 23.9. The molecule has 1 aliphatic heterocycles. The molecule has 0 spiro atoms. The highest BCUT2D eigenvalue weighted by Gasteiger charge is 2.25. The third-order valence-corrected chi connectivity index (χ3v) is 7.12. The summed E-state index contributed by atoms with van der Waals surface area (Å²) in [5.74, 6) is -0.742. The zero-order valence-corrected chi connectivity index (χ0v) is 18.2. The van der Waals surface area contributed by atoms with Crippen LogP contribution in [0.25, 0.3) is 0 Å². The third-order valence-electron chi connectivity index (χ3n) is 5.21. The first-order chi connectivity index (χ1) is 13.9. The van der Waals surface area contributed by atoms with Gasteiger partial charge in [-0.05, 0) is 49.8 Å². The van der Waals surface area contributed by atoms with Gasteiger partial charge in [0.1, 0.15) is 0 Å². The molecule has 0 bridgehead atoms. The second-order valence-electron chi connectivity index (χ2n) is 7.35. The summed E-state index contributed by atoms with van der Waals surface area (Å²) in [5.41, 5.74) is 0.848. The molecule has 0 aromatic heterocycles. The highest BCUT2D eigenvalue weighted by molar-refractivity contribution is 7.89. The van der Waals surface area contributed by atoms with E-state index in [-0.39, 0.29) is 29.9 Å². The monoisotopic (exact) mass is 424 g/mol. The number of sulfonamides is 1. The lowest BCUT2D eigenvalue weighted by Crippen LogP contribution is -2.36. The first kappa shape index (κ1) is 23.3. The number of hydrogen-bond acceptors (Lipinski definition) is 5. The minimum atomic E-state index is -3.45. The van der Waals surface area contributed by atoms with E-state index in [4.69, 9.17) is 4.74 Å². The normalized spacial score (nSPS) is 15.3. The zero-order chi connectivity index (χ0) is 21.3. The van der Waals surface area contributed by atoms with Crippen molar-refractivity contribution in [2.24, 2.45) is 0 Å². The molecule has 0 radical (unpaired) electrons. The van der Waals surface area contributed by atoms with Crippen molar-refractivity contribution < 1.29 is 22.7 Å². The van der Waals surface area contributed by atoms with E-state index in [0.717, 1.165) is 37.7 Å². The second-order valence-corrected chi connectivity index (χ2v) is 9.29. The van der Waals surface area contributed by atoms with Crippen LogP contribution in [0.3, 0.4) is 0 Å². The SMILES string of the molecule is CCC(CC)NC(=O)COC(=O)CCc1ccc(S(=O)(=O)N2CCCCC2)cc1. The topological polar surface area (TPSA) is 92.8 Å². The quantitative estimate of drug-likeness (QED) is 0.583. The highest BCUT2D eigenvalue weighted by Crippen LogP contribution is 2.21. The van der Waals surface area contributed by atoms with E-state index in [1.54, 1.807) is 24.3 Å². The van der Waals surface area contributed by atoms with Crippen LogP contribution in [0.1, 0.15) is 57.9 Å². The smallest absolute Gasteiger partial charge is 0.306 e. The number of piperidine rings is 1. The summed E-state index contributed by atoms with van der Waals surface area (Å²) in [6.45, 7) is 4.84. The molecule has 1 aromatic carbocycles. The fraction of sp³-hybridized carbons (Fsp3) is 0.619. The molecule has 0 aliphatic carbocycles. The van der Waals surface area contributed by atoms with Gasteiger partial charge in [-0.1, -0.05) is 32.4 Å². The molecule has 7 nitrogen and oxygen atoms in total. The Labute approximate surface area is 173 Å². The Morgan fingerprint density at radius 1 is 1.07 bits per heavy atom. The van der Waals surface area contributed by atoms with Gasteiger partial charge in [0.05, 0.1) is 4.90 Å². The molecule has 1 fully saturated rings. The van der Waals surface area contributed by atoms with E-state index in [9.17, 15) is 18.0 Å². The van der Waals surface area contributed by atoms with E-state index in [1.165, 1.54) is 4.31 Å². The number of ether oxygens (including phenoxy) is 1. The zero-order valence-electron chi connectivity index (χ0n) is 17.4. The van der Waals surface area contributed by atoms with Gasteiger partial charge < -0.3 is 10.1 Å². The van der Waals surface area contributed by atoms with Crippen molar-refractivity contribution in [1.82, 2.24) is 9.62 Å². The predicted octanol–water partition coefficient (Wildman–Crippen LogP) is 2.64. The number of rotatable bonds is 10. The first-order valence-corrected chi connectivity index (χ1v) is 11.8. The molecule has 1 saturated heterocycles. The molecular formula is C21H32N2O5S. The van der Waals surface area contributed by atoms with Gasteiger partial charge >= 0.3 is 5.97 Å². The number of nitrogens with one attached hydrogen (secondary N) is 1. The van der Waals surface area contributed by atoms with Crippen molar-refractivity contribution in [2.75, 3.05) is 19.7 Å². The Morgan fingerprint density at radius 3 is 2.28 bits per heavy atom. The van der Waals surface area contributed by atoms with Gasteiger partial charge in [-0.25, -0.2) is 8.42 Å². The third kappa shape index (κ3) is 7.12. The maximum atomic E-state index is 12.6. The van der Waals surface area contributed by atoms with Crippen LogP contribution in [-0.4, -0.2) is 50.3 Å². The van der Waals surface area contributed by atoms with Crippen LogP contribution in [0.15, 0.2) is 29.2 Å². The van der Waals surface area contributed by atoms with Gasteiger partial charge in [-0.15, -0.1) is 0 Å². The molecule has 0 unspecified atom stereocenters. The van der Waals surface area contributed by atoms with Crippen molar-refractivity contribution in [3.63, 3.8) is 0 Å². The fourth-order valence-corrected chi connectivity index (χ4v) is 4.83. The van der Waals surface area contributed by atoms with Crippen LogP contribution in [0.4, 0.5) is 0 Å². The lowest BCUT2D eigenvalue weighted by atomic mass is 10.1. The van der Waals surface area contributed by atoms with Crippen LogP contribution in [-0.2, 0) is 30.8 Å². The van der Waals surface area contributed by atoms with Gasteiger partial charge in [0, 0.05) is 25.6 Å². The van der Waals surface area contributed by atoms with Crippen molar-refractivity contribution >= 4 is 21.9 Å². The summed E-state index contributed by atoms with van der Waals surface area (Å²) in [7, 11) is -3.45. The van der Waals surface area contributed by atoms with E-state index >= 15 is 0 Å². The fourth-order valence-electron chi connectivity index (χ4n) is 3.31. The number of hydrogen-bond donors (Lipinski definition) is 1. The van der Waals surface area contributed by atoms with Gasteiger partial charge in [-0.3, -0.25) is 9.59 Å². The molecule has 29 heavy (non-hydrogen) atoms. The second kappa shape index (κ2) is 11.3. The number of nitrogens with zero attached hydrogens (tertiary/aromatic N) is 1. The average molecular weight is 425 g/mol. The maximum absolute atomic E-state index is 12.6. The number of amides is 1. The van der Waals surface area contributed by atoms with Gasteiger partial charge in [0.15, 0.2) is 6.61 Å². The number of aryl methyl sites for hydroxylation is 1. The lowest BCUT2D eigenvalue weighted by molar-refractivity contribution is -0.148. The Balaban J connectivity index is 1.79. The summed E-state index contributed by atoms with van der Waals surface area (Å²) < 4.78 is 31.9. The average Bonchev–Trinajstić information content (AvgIpc) is 2.75. The van der Waals surface area contributed by atoms with Crippen LogP contribution in [0.5, 0.6) is 0 Å². The van der Waals surface area contributed by atoms with Crippen molar-refractivity contribution in [2.45, 2.75) is 69.7 Å². The largest absolute Gasteiger partial charge is 0.456 e. The molecule has 1 heterocycles. The minimum absolute atomic E-state index is 0.0981. The molecule has 0 saturated carbocycles. The molecule has 1 amide bonds. The Morgan fingerprint density at radius 2 is 1.69 bits per heavy atom. The molecule has 1 aromatic rings. The molecule has 162 valence electrons. The Kier molecular flexibility index (Phi) is 9.10. The van der Waals surface area contributed by atoms with Crippen LogP contribution in [0.2, 0.25) is 0 Å². The molecular weight excluding hydrogens is 392 g/mol. The number of carbonyl (C=O) groups excluding carboxylic acids is 2. The Bertz CT molecular complexity index is 767. The molecule has 8 heteroatoms. The number of carbonyl (C=O) groups is 2. The van der Waals surface area contributed by atoms with Gasteiger partial charge in [-0.2, -0.15) is 4.31 Å². The van der Waals surface area contributed by atoms with E-state index < -0.39 is 16.0 Å². The summed E-state index contributed by atoms with van der Waals surface area (Å²) >= 11 is 0. The highest BCUT2D eigenvalue weighted by atomic mass is 32.2. The van der Waals surface area contributed by atoms with E-state index in [0.29, 0.717) is 19.5 Å². The summed E-state index contributed by atoms with van der Waals surface area (Å²) in [5, 5.41) is 2.82. The summed E-state index contributed by atoms with van der Waals surface area (Å²) in [6.07, 6.45) is 5.09.